The fraction of sp³-hybridized carbons (Fsp3) is 0.769. The van der Waals surface area contributed by atoms with E-state index in [0.29, 0.717) is 39.5 Å². The highest BCUT2D eigenvalue weighted by Crippen LogP contribution is 2.25. The van der Waals surface area contributed by atoms with E-state index in [1.54, 1.807) is 17.5 Å². The molecule has 0 amide bonds. The van der Waals surface area contributed by atoms with Crippen LogP contribution in [0.3, 0.4) is 0 Å². The third-order valence-electron chi connectivity index (χ3n) is 3.95. The molecule has 1 aromatic rings. The van der Waals surface area contributed by atoms with Crippen LogP contribution >= 0.6 is 11.3 Å². The molecule has 3 rings (SSSR count). The average Bonchev–Trinajstić information content (AvgIpc) is 2.86. The molecule has 3 heterocycles. The van der Waals surface area contributed by atoms with E-state index in [9.17, 15) is 8.42 Å². The molecule has 2 fully saturated rings. The molecule has 1 atom stereocenters. The second-order valence-corrected chi connectivity index (χ2v) is 8.78. The Labute approximate surface area is 134 Å². The van der Waals surface area contributed by atoms with Gasteiger partial charge in [-0.1, -0.05) is 0 Å². The van der Waals surface area contributed by atoms with Gasteiger partial charge in [-0.05, 0) is 0 Å². The number of hydrogen-bond donors (Lipinski definition) is 0. The molecule has 9 heteroatoms. The van der Waals surface area contributed by atoms with Gasteiger partial charge in [0.05, 0.1) is 32.6 Å². The molecule has 0 bridgehead atoms. The molecule has 0 unspecified atom stereocenters. The van der Waals surface area contributed by atoms with Crippen molar-refractivity contribution in [2.45, 2.75) is 12.1 Å². The lowest BCUT2D eigenvalue weighted by Gasteiger charge is -2.42. The van der Waals surface area contributed by atoms with Crippen molar-refractivity contribution in [1.29, 1.82) is 0 Å². The predicted octanol–water partition coefficient (Wildman–Crippen LogP) is 0.00590. The van der Waals surface area contributed by atoms with Crippen LogP contribution in [-0.2, 0) is 26.0 Å². The number of thiazole rings is 1. The molecule has 0 N–H and O–H groups in total. The van der Waals surface area contributed by atoms with E-state index in [2.05, 4.69) is 9.88 Å². The van der Waals surface area contributed by atoms with Gasteiger partial charge in [-0.3, -0.25) is 4.90 Å². The Morgan fingerprint density at radius 3 is 2.95 bits per heavy atom. The SMILES string of the molecule is CS(=O)(=O)N1CCOC[C@]2(CN(Cc3nccs3)CCO2)C1. The summed E-state index contributed by atoms with van der Waals surface area (Å²) < 4.78 is 36.9. The summed E-state index contributed by atoms with van der Waals surface area (Å²) in [5, 5.41) is 3.03. The van der Waals surface area contributed by atoms with Crippen LogP contribution < -0.4 is 0 Å². The van der Waals surface area contributed by atoms with Gasteiger partial charge in [0.15, 0.2) is 0 Å². The maximum atomic E-state index is 11.9. The lowest BCUT2D eigenvalue weighted by atomic mass is 10.0. The van der Waals surface area contributed by atoms with E-state index >= 15 is 0 Å². The molecule has 2 aliphatic rings. The first-order valence-electron chi connectivity index (χ1n) is 7.24. The number of aromatic nitrogens is 1. The molecular weight excluding hydrogens is 326 g/mol. The van der Waals surface area contributed by atoms with Crippen molar-refractivity contribution >= 4 is 21.4 Å². The quantitative estimate of drug-likeness (QED) is 0.767. The molecule has 124 valence electrons. The van der Waals surface area contributed by atoms with Crippen LogP contribution in [0.2, 0.25) is 0 Å². The van der Waals surface area contributed by atoms with Gasteiger partial charge < -0.3 is 9.47 Å². The van der Waals surface area contributed by atoms with Gasteiger partial charge in [0.2, 0.25) is 10.0 Å². The van der Waals surface area contributed by atoms with E-state index in [0.717, 1.165) is 18.1 Å². The number of rotatable bonds is 3. The minimum atomic E-state index is -3.25. The molecule has 0 aromatic carbocycles. The smallest absolute Gasteiger partial charge is 0.211 e. The highest BCUT2D eigenvalue weighted by Gasteiger charge is 2.42. The molecule has 0 aliphatic carbocycles. The highest BCUT2D eigenvalue weighted by molar-refractivity contribution is 7.88. The zero-order chi connectivity index (χ0) is 15.6. The Kier molecular flexibility index (Phi) is 4.81. The number of ether oxygens (including phenoxy) is 2. The summed E-state index contributed by atoms with van der Waals surface area (Å²) in [5.74, 6) is 0. The predicted molar refractivity (Wildman–Crippen MR) is 83.3 cm³/mol. The molecule has 2 aliphatic heterocycles. The van der Waals surface area contributed by atoms with Crippen LogP contribution in [0.15, 0.2) is 11.6 Å². The van der Waals surface area contributed by atoms with Crippen LogP contribution in [0, 0.1) is 0 Å². The summed E-state index contributed by atoms with van der Waals surface area (Å²) in [7, 11) is -3.25. The summed E-state index contributed by atoms with van der Waals surface area (Å²) >= 11 is 1.63. The number of hydrogen-bond acceptors (Lipinski definition) is 7. The van der Waals surface area contributed by atoms with Crippen molar-refractivity contribution < 1.29 is 17.9 Å². The molecule has 7 nitrogen and oxygen atoms in total. The largest absolute Gasteiger partial charge is 0.377 e. The molecule has 0 saturated carbocycles. The topological polar surface area (TPSA) is 72.0 Å². The summed E-state index contributed by atoms with van der Waals surface area (Å²) in [6.45, 7) is 4.38. The normalized spacial score (nSPS) is 28.8. The van der Waals surface area contributed by atoms with Crippen LogP contribution in [0.1, 0.15) is 5.01 Å². The van der Waals surface area contributed by atoms with Crippen LogP contribution in [0.5, 0.6) is 0 Å². The Balaban J connectivity index is 1.72. The molecule has 0 radical (unpaired) electrons. The van der Waals surface area contributed by atoms with Crippen molar-refractivity contribution in [2.75, 3.05) is 52.3 Å². The fourth-order valence-electron chi connectivity index (χ4n) is 2.92. The molecular formula is C13H21N3O4S2. The van der Waals surface area contributed by atoms with E-state index in [-0.39, 0.29) is 0 Å². The average molecular weight is 347 g/mol. The molecule has 22 heavy (non-hydrogen) atoms. The Morgan fingerprint density at radius 2 is 2.23 bits per heavy atom. The second kappa shape index (κ2) is 6.50. The molecule has 1 spiro atoms. The lowest BCUT2D eigenvalue weighted by molar-refractivity contribution is -0.139. The number of sulfonamides is 1. The molecule has 1 aromatic heterocycles. The minimum absolute atomic E-state index is 0.347. The first-order valence-corrected chi connectivity index (χ1v) is 9.97. The lowest BCUT2D eigenvalue weighted by Crippen LogP contribution is -2.58. The van der Waals surface area contributed by atoms with Gasteiger partial charge in [-0.25, -0.2) is 13.4 Å². The Morgan fingerprint density at radius 1 is 1.36 bits per heavy atom. The van der Waals surface area contributed by atoms with Crippen LogP contribution in [-0.4, -0.2) is 80.5 Å². The minimum Gasteiger partial charge on any atom is -0.377 e. The maximum Gasteiger partial charge on any atom is 0.211 e. The summed E-state index contributed by atoms with van der Waals surface area (Å²) in [5.41, 5.74) is -0.588. The third kappa shape index (κ3) is 3.84. The summed E-state index contributed by atoms with van der Waals surface area (Å²) in [6.07, 6.45) is 3.04. The van der Waals surface area contributed by atoms with E-state index in [1.807, 2.05) is 5.38 Å². The van der Waals surface area contributed by atoms with Crippen molar-refractivity contribution in [3.05, 3.63) is 16.6 Å². The fourth-order valence-corrected chi connectivity index (χ4v) is 4.45. The van der Waals surface area contributed by atoms with Gasteiger partial charge in [-0.15, -0.1) is 11.3 Å². The van der Waals surface area contributed by atoms with Gasteiger partial charge >= 0.3 is 0 Å². The van der Waals surface area contributed by atoms with Gasteiger partial charge in [0.25, 0.3) is 0 Å². The van der Waals surface area contributed by atoms with Crippen molar-refractivity contribution in [2.24, 2.45) is 0 Å². The van der Waals surface area contributed by atoms with Gasteiger partial charge in [-0.2, -0.15) is 4.31 Å². The molecule has 2 saturated heterocycles. The summed E-state index contributed by atoms with van der Waals surface area (Å²) in [6, 6.07) is 0. The highest BCUT2D eigenvalue weighted by atomic mass is 32.2. The van der Waals surface area contributed by atoms with Gasteiger partial charge in [0.1, 0.15) is 10.6 Å². The number of nitrogens with zero attached hydrogens (tertiary/aromatic N) is 3. The summed E-state index contributed by atoms with van der Waals surface area (Å²) in [4.78, 5) is 6.58. The van der Waals surface area contributed by atoms with E-state index < -0.39 is 15.6 Å². The first-order chi connectivity index (χ1) is 10.5. The van der Waals surface area contributed by atoms with Crippen LogP contribution in [0.25, 0.3) is 0 Å². The van der Waals surface area contributed by atoms with Gasteiger partial charge in [0, 0.05) is 37.8 Å². The number of morpholine rings is 1. The zero-order valence-corrected chi connectivity index (χ0v) is 14.2. The standard InChI is InChI=1S/C13H21N3O4S2/c1-22(17,18)16-4-5-19-11-13(10-16)9-15(3-6-20-13)8-12-14-2-7-21-12/h2,7H,3-6,8-11H2,1H3/t13-/m0/s1. The Hall–Kier alpha value is -0.580. The maximum absolute atomic E-state index is 11.9. The Bertz CT molecular complexity index is 592. The van der Waals surface area contributed by atoms with E-state index in [1.165, 1.54) is 10.6 Å². The monoisotopic (exact) mass is 347 g/mol. The van der Waals surface area contributed by atoms with Crippen molar-refractivity contribution in [3.8, 4) is 0 Å². The first kappa shape index (κ1) is 16.3. The van der Waals surface area contributed by atoms with E-state index in [4.69, 9.17) is 9.47 Å². The van der Waals surface area contributed by atoms with Crippen molar-refractivity contribution in [1.82, 2.24) is 14.2 Å². The second-order valence-electron chi connectivity index (χ2n) is 5.82. The van der Waals surface area contributed by atoms with Crippen molar-refractivity contribution in [3.63, 3.8) is 0 Å². The zero-order valence-electron chi connectivity index (χ0n) is 12.6. The van der Waals surface area contributed by atoms with Crippen LogP contribution in [0.4, 0.5) is 0 Å². The third-order valence-corrected chi connectivity index (χ3v) is 5.97.